The number of carboxylic acids is 2. The van der Waals surface area contributed by atoms with E-state index in [4.69, 9.17) is 11.1 Å². The van der Waals surface area contributed by atoms with Crippen molar-refractivity contribution >= 4 is 28.8 Å². The smallest absolute Gasteiger partial charge is 0.314 e. The van der Waals surface area contributed by atoms with Crippen LogP contribution in [0.15, 0.2) is 48.5 Å². The van der Waals surface area contributed by atoms with Crippen molar-refractivity contribution in [3.8, 4) is 34.0 Å². The molecule has 0 radical (unpaired) electrons. The number of nitrogen functional groups attached to an aromatic ring is 1. The van der Waals surface area contributed by atoms with E-state index in [2.05, 4.69) is 9.97 Å². The summed E-state index contributed by atoms with van der Waals surface area (Å²) in [4.78, 5) is 31.6. The number of hydrogen-bond acceptors (Lipinski definition) is 6. The fraction of sp³-hybridized carbons (Fsp3) is 0.154. The first-order chi connectivity index (χ1) is 17.5. The van der Waals surface area contributed by atoms with Crippen LogP contribution in [0.2, 0.25) is 0 Å². The number of phenols is 2. The third-order valence-electron chi connectivity index (χ3n) is 6.43. The highest BCUT2D eigenvalue weighted by atomic mass is 19.1. The maximum Gasteiger partial charge on any atom is 0.314 e. The van der Waals surface area contributed by atoms with E-state index in [0.717, 1.165) is 18.2 Å². The van der Waals surface area contributed by atoms with Gasteiger partial charge in [0.15, 0.2) is 0 Å². The zero-order valence-corrected chi connectivity index (χ0v) is 19.5. The van der Waals surface area contributed by atoms with Crippen molar-refractivity contribution in [1.82, 2.24) is 9.97 Å². The van der Waals surface area contributed by atoms with Gasteiger partial charge in [0.25, 0.3) is 0 Å². The molecule has 0 spiro atoms. The predicted molar refractivity (Wildman–Crippen MR) is 133 cm³/mol. The van der Waals surface area contributed by atoms with E-state index < -0.39 is 35.3 Å². The molecular weight excluding hydrogens is 483 g/mol. The molecule has 37 heavy (non-hydrogen) atoms. The van der Waals surface area contributed by atoms with Crippen LogP contribution in [0.5, 0.6) is 11.5 Å². The molecule has 11 heteroatoms. The van der Waals surface area contributed by atoms with Crippen LogP contribution in [0.1, 0.15) is 30.9 Å². The van der Waals surface area contributed by atoms with Crippen LogP contribution < -0.4 is 5.73 Å². The summed E-state index contributed by atoms with van der Waals surface area (Å²) in [6.45, 7) is 1.52. The molecule has 4 aromatic rings. The minimum Gasteiger partial charge on any atom is -0.507 e. The fourth-order valence-corrected chi connectivity index (χ4v) is 4.36. The molecule has 8 N–H and O–H groups in total. The van der Waals surface area contributed by atoms with Gasteiger partial charge >= 0.3 is 11.9 Å². The van der Waals surface area contributed by atoms with Crippen molar-refractivity contribution in [3.05, 3.63) is 65.5 Å². The Balaban J connectivity index is 2.06. The number of fused-ring (bicyclic) bond motifs is 1. The number of aromatic amines is 1. The number of imidazole rings is 1. The average molecular weight is 506 g/mol. The van der Waals surface area contributed by atoms with Crippen LogP contribution >= 0.6 is 0 Å². The monoisotopic (exact) mass is 506 g/mol. The molecule has 1 unspecified atom stereocenters. The summed E-state index contributed by atoms with van der Waals surface area (Å²) in [6.07, 6.45) is -0.880. The Kier molecular flexibility index (Phi) is 6.30. The molecule has 10 nitrogen and oxygen atoms in total. The van der Waals surface area contributed by atoms with E-state index in [1.807, 2.05) is 0 Å². The number of amidine groups is 1. The molecule has 1 atom stereocenters. The number of aromatic nitrogens is 2. The number of benzene rings is 3. The quantitative estimate of drug-likeness (QED) is 0.138. The first kappa shape index (κ1) is 25.2. The van der Waals surface area contributed by atoms with Crippen molar-refractivity contribution in [2.24, 2.45) is 5.73 Å². The molecule has 0 fully saturated rings. The normalized spacial score (nSPS) is 12.8. The molecule has 1 aromatic heterocycles. The maximum atomic E-state index is 14.1. The van der Waals surface area contributed by atoms with E-state index >= 15 is 0 Å². The predicted octanol–water partition coefficient (Wildman–Crippen LogP) is 3.94. The average Bonchev–Trinajstić information content (AvgIpc) is 3.27. The minimum absolute atomic E-state index is 0.00111. The van der Waals surface area contributed by atoms with Crippen LogP contribution in [0.4, 0.5) is 4.39 Å². The highest BCUT2D eigenvalue weighted by Crippen LogP contribution is 2.45. The molecule has 0 aliphatic heterocycles. The van der Waals surface area contributed by atoms with Crippen molar-refractivity contribution in [3.63, 3.8) is 0 Å². The van der Waals surface area contributed by atoms with Gasteiger partial charge in [0, 0.05) is 16.7 Å². The van der Waals surface area contributed by atoms with E-state index in [1.54, 1.807) is 18.2 Å². The summed E-state index contributed by atoms with van der Waals surface area (Å²) in [5.41, 5.74) is 4.76. The molecule has 0 bridgehead atoms. The number of hydrogen-bond donors (Lipinski definition) is 7. The minimum atomic E-state index is -1.90. The number of nitrogens with zero attached hydrogens (tertiary/aromatic N) is 1. The van der Waals surface area contributed by atoms with E-state index in [0.29, 0.717) is 16.6 Å². The number of carboxylic acid groups (broad SMARTS) is 2. The Morgan fingerprint density at radius 2 is 1.76 bits per heavy atom. The molecule has 4 rings (SSSR count). The Morgan fingerprint density at radius 3 is 2.38 bits per heavy atom. The van der Waals surface area contributed by atoms with Gasteiger partial charge in [0.1, 0.15) is 34.4 Å². The number of carbonyl (C=O) groups is 2. The Morgan fingerprint density at radius 1 is 1.05 bits per heavy atom. The summed E-state index contributed by atoms with van der Waals surface area (Å²) in [5.74, 6) is -4.38. The number of aromatic hydroxyl groups is 2. The standard InChI is InChI=1S/C26H23FN4O6/c1-2-26(25(36)37,11-21(33)34)13-8-16(15-10-14(27)4-6-20(15)32)22(35)17(9-13)24-30-18-5-3-12(23(28)29)7-19(18)31-24/h3-10,32,35H,2,11H2,1H3,(H3,28,29)(H,30,31)(H,33,34)(H,36,37). The van der Waals surface area contributed by atoms with Gasteiger partial charge in [-0.15, -0.1) is 0 Å². The van der Waals surface area contributed by atoms with Crippen molar-refractivity contribution < 1.29 is 34.4 Å². The summed E-state index contributed by atoms with van der Waals surface area (Å²) in [7, 11) is 0. The van der Waals surface area contributed by atoms with E-state index in [9.17, 15) is 34.4 Å². The second-order valence-electron chi connectivity index (χ2n) is 8.62. The summed E-state index contributed by atoms with van der Waals surface area (Å²) in [5, 5.41) is 49.0. The number of halogens is 1. The first-order valence-corrected chi connectivity index (χ1v) is 11.1. The number of aliphatic carboxylic acids is 2. The van der Waals surface area contributed by atoms with Gasteiger partial charge in [0.05, 0.1) is 23.0 Å². The van der Waals surface area contributed by atoms with Gasteiger partial charge < -0.3 is 31.1 Å². The molecule has 190 valence electrons. The molecular formula is C26H23FN4O6. The molecule has 0 saturated carbocycles. The van der Waals surface area contributed by atoms with Crippen molar-refractivity contribution in [2.45, 2.75) is 25.2 Å². The molecule has 0 saturated heterocycles. The van der Waals surface area contributed by atoms with Crippen molar-refractivity contribution in [1.29, 1.82) is 5.41 Å². The van der Waals surface area contributed by atoms with Gasteiger partial charge in [-0.25, -0.2) is 9.37 Å². The topological polar surface area (TPSA) is 194 Å². The number of nitrogens with two attached hydrogens (primary N) is 1. The van der Waals surface area contributed by atoms with Gasteiger partial charge in [0.2, 0.25) is 0 Å². The van der Waals surface area contributed by atoms with E-state index in [1.165, 1.54) is 19.1 Å². The lowest BCUT2D eigenvalue weighted by Gasteiger charge is -2.28. The van der Waals surface area contributed by atoms with Crippen LogP contribution in [-0.2, 0) is 15.0 Å². The molecule has 0 aliphatic rings. The molecule has 3 aromatic carbocycles. The van der Waals surface area contributed by atoms with Gasteiger partial charge in [-0.2, -0.15) is 0 Å². The second kappa shape index (κ2) is 9.26. The van der Waals surface area contributed by atoms with Crippen LogP contribution in [-0.4, -0.2) is 48.2 Å². The SMILES string of the molecule is CCC(CC(=O)O)(C(=O)O)c1cc(-c2nc3cc(C(=N)N)ccc3[nH]2)c(O)c(-c2cc(F)ccc2O)c1. The molecule has 1 heterocycles. The number of rotatable bonds is 8. The van der Waals surface area contributed by atoms with Gasteiger partial charge in [-0.1, -0.05) is 6.92 Å². The lowest BCUT2D eigenvalue weighted by molar-refractivity contribution is -0.150. The third kappa shape index (κ3) is 4.42. The second-order valence-corrected chi connectivity index (χ2v) is 8.62. The zero-order valence-electron chi connectivity index (χ0n) is 19.5. The molecule has 0 amide bonds. The Hall–Kier alpha value is -4.93. The van der Waals surface area contributed by atoms with Crippen LogP contribution in [0, 0.1) is 11.2 Å². The summed E-state index contributed by atoms with van der Waals surface area (Å²) >= 11 is 0. The Bertz CT molecular complexity index is 1580. The van der Waals surface area contributed by atoms with Gasteiger partial charge in [-0.05, 0) is 60.5 Å². The molecule has 0 aliphatic carbocycles. The van der Waals surface area contributed by atoms with Crippen molar-refractivity contribution in [2.75, 3.05) is 0 Å². The van der Waals surface area contributed by atoms with E-state index in [-0.39, 0.29) is 46.1 Å². The number of H-pyrrole nitrogens is 1. The summed E-state index contributed by atoms with van der Waals surface area (Å²) < 4.78 is 14.1. The lowest BCUT2D eigenvalue weighted by atomic mass is 9.74. The largest absolute Gasteiger partial charge is 0.507 e. The highest BCUT2D eigenvalue weighted by Gasteiger charge is 2.42. The zero-order chi connectivity index (χ0) is 27.1. The van der Waals surface area contributed by atoms with Crippen LogP contribution in [0.25, 0.3) is 33.5 Å². The fourth-order valence-electron chi connectivity index (χ4n) is 4.36. The lowest BCUT2D eigenvalue weighted by Crippen LogP contribution is -2.37. The first-order valence-electron chi connectivity index (χ1n) is 11.1. The highest BCUT2D eigenvalue weighted by molar-refractivity contribution is 5.98. The third-order valence-corrected chi connectivity index (χ3v) is 6.43. The van der Waals surface area contributed by atoms with Crippen LogP contribution in [0.3, 0.4) is 0 Å². The maximum absolute atomic E-state index is 14.1. The Labute approximate surface area is 209 Å². The summed E-state index contributed by atoms with van der Waals surface area (Å²) in [6, 6.07) is 10.4. The number of phenolic OH excluding ortho intramolecular Hbond substituents is 2. The van der Waals surface area contributed by atoms with Gasteiger partial charge in [-0.3, -0.25) is 15.0 Å². The number of nitrogens with one attached hydrogen (secondary N) is 2.